The van der Waals surface area contributed by atoms with Crippen LogP contribution in [-0.4, -0.2) is 232 Å². The average Bonchev–Trinajstić information content (AvgIpc) is 3.75. The van der Waals surface area contributed by atoms with Crippen molar-refractivity contribution in [2.45, 2.75) is 248 Å². The van der Waals surface area contributed by atoms with Gasteiger partial charge in [0.1, 0.15) is 91.6 Å². The van der Waals surface area contributed by atoms with Crippen LogP contribution in [0.4, 0.5) is 0 Å². The molecule has 4 aliphatic carbocycles. The van der Waals surface area contributed by atoms with E-state index >= 15 is 0 Å². The lowest BCUT2D eigenvalue weighted by molar-refractivity contribution is -0.378. The van der Waals surface area contributed by atoms with Crippen molar-refractivity contribution >= 4 is 0 Å². The Labute approximate surface area is 439 Å². The SMILES string of the molecule is CC(C)=CCC[C@](C)(O[C@H]1O[C@@H](CO[C@@H]2OC[C@H](O)[C@H](O)[C@H]2O)[C@H](O)[C@@H](O)[C@@H]1O)[C@H]1CC[C@]2(C)[C@@H]1[C@H](O)C[C@@H]1[C@@]3(C)CC[C@H](O[C@@H]4O[C@H](CO)[C@@H](O)[C@H](O)[C@H]4O[C@H]4O[C@@H](CO)[C@H](O)[C@@H](O)[C@@H]4O)C(C)(C)[C@H]3CC[C@]12C. The van der Waals surface area contributed by atoms with Gasteiger partial charge in [0.05, 0.1) is 44.2 Å². The van der Waals surface area contributed by atoms with E-state index in [1.165, 1.54) is 0 Å². The van der Waals surface area contributed by atoms with Crippen molar-refractivity contribution in [3.63, 3.8) is 0 Å². The van der Waals surface area contributed by atoms with E-state index in [1.807, 2.05) is 20.8 Å². The summed E-state index contributed by atoms with van der Waals surface area (Å²) in [6.07, 6.45) is -22.6. The molecule has 0 radical (unpaired) electrons. The van der Waals surface area contributed by atoms with Gasteiger partial charge in [-0.05, 0) is 124 Å². The molecule has 0 spiro atoms. The van der Waals surface area contributed by atoms with E-state index in [0.717, 1.165) is 24.8 Å². The number of hydrogen-bond acceptors (Lipinski definition) is 22. The first-order valence-corrected chi connectivity index (χ1v) is 27.3. The highest BCUT2D eigenvalue weighted by atomic mass is 16.8. The van der Waals surface area contributed by atoms with E-state index in [0.29, 0.717) is 38.5 Å². The third-order valence-corrected chi connectivity index (χ3v) is 20.5. The fourth-order valence-corrected chi connectivity index (χ4v) is 16.0. The molecule has 4 saturated heterocycles. The molecule has 434 valence electrons. The van der Waals surface area contributed by atoms with Crippen molar-refractivity contribution in [1.82, 2.24) is 0 Å². The van der Waals surface area contributed by atoms with E-state index in [4.69, 9.17) is 37.9 Å². The molecule has 4 saturated carbocycles. The second-order valence-electron chi connectivity index (χ2n) is 25.3. The van der Waals surface area contributed by atoms with Crippen molar-refractivity contribution in [1.29, 1.82) is 0 Å². The number of allylic oxidation sites excluding steroid dienone is 2. The van der Waals surface area contributed by atoms with Crippen LogP contribution in [0.15, 0.2) is 11.6 Å². The van der Waals surface area contributed by atoms with E-state index in [9.17, 15) is 71.5 Å². The molecule has 0 bridgehead atoms. The number of rotatable bonds is 15. The van der Waals surface area contributed by atoms with Crippen LogP contribution in [-0.2, 0) is 37.9 Å². The number of aliphatic hydroxyl groups excluding tert-OH is 14. The minimum atomic E-state index is -1.81. The molecular formula is C53H90O22. The van der Waals surface area contributed by atoms with Crippen LogP contribution in [0.2, 0.25) is 0 Å². The van der Waals surface area contributed by atoms with Gasteiger partial charge in [-0.15, -0.1) is 0 Å². The van der Waals surface area contributed by atoms with Crippen molar-refractivity contribution in [2.24, 2.45) is 45.3 Å². The van der Waals surface area contributed by atoms with Crippen LogP contribution in [0.5, 0.6) is 0 Å². The largest absolute Gasteiger partial charge is 0.394 e. The normalized spacial score (nSPS) is 52.7. The van der Waals surface area contributed by atoms with E-state index in [1.54, 1.807) is 0 Å². The van der Waals surface area contributed by atoms with Gasteiger partial charge in [-0.3, -0.25) is 0 Å². The highest BCUT2D eigenvalue weighted by Crippen LogP contribution is 2.76. The fourth-order valence-electron chi connectivity index (χ4n) is 16.0. The van der Waals surface area contributed by atoms with Gasteiger partial charge in [-0.25, -0.2) is 0 Å². The molecule has 0 unspecified atom stereocenters. The highest BCUT2D eigenvalue weighted by molar-refractivity contribution is 5.20. The third kappa shape index (κ3) is 10.6. The Morgan fingerprint density at radius 3 is 1.80 bits per heavy atom. The van der Waals surface area contributed by atoms with Crippen LogP contribution < -0.4 is 0 Å². The predicted molar refractivity (Wildman–Crippen MR) is 260 cm³/mol. The molecule has 8 aliphatic rings. The summed E-state index contributed by atoms with van der Waals surface area (Å²) in [6, 6.07) is 0. The summed E-state index contributed by atoms with van der Waals surface area (Å²) in [4.78, 5) is 0. The molecule has 22 heteroatoms. The van der Waals surface area contributed by atoms with Crippen LogP contribution in [0.25, 0.3) is 0 Å². The van der Waals surface area contributed by atoms with Crippen molar-refractivity contribution in [3.8, 4) is 0 Å². The third-order valence-electron chi connectivity index (χ3n) is 20.5. The lowest BCUT2D eigenvalue weighted by Crippen LogP contribution is -2.68. The van der Waals surface area contributed by atoms with Crippen molar-refractivity contribution in [2.75, 3.05) is 26.4 Å². The number of ether oxygens (including phenoxy) is 8. The summed E-state index contributed by atoms with van der Waals surface area (Å²) in [5, 5.41) is 151. The van der Waals surface area contributed by atoms with E-state index in [2.05, 4.69) is 40.7 Å². The summed E-state index contributed by atoms with van der Waals surface area (Å²) >= 11 is 0. The van der Waals surface area contributed by atoms with Gasteiger partial charge in [0.25, 0.3) is 0 Å². The Balaban J connectivity index is 1.01. The fraction of sp³-hybridized carbons (Fsp3) is 0.962. The molecule has 0 aromatic carbocycles. The zero-order valence-electron chi connectivity index (χ0n) is 44.7. The first kappa shape index (κ1) is 60.0. The molecule has 4 heterocycles. The number of aliphatic hydroxyl groups is 14. The van der Waals surface area contributed by atoms with Gasteiger partial charge in [0.15, 0.2) is 25.2 Å². The second-order valence-corrected chi connectivity index (χ2v) is 25.3. The molecular weight excluding hydrogens is 989 g/mol. The van der Waals surface area contributed by atoms with E-state index in [-0.39, 0.29) is 41.1 Å². The Morgan fingerprint density at radius 2 is 1.16 bits per heavy atom. The lowest BCUT2D eigenvalue weighted by atomic mass is 9.35. The maximum Gasteiger partial charge on any atom is 0.187 e. The maximum absolute atomic E-state index is 12.8. The van der Waals surface area contributed by atoms with Gasteiger partial charge in [-0.1, -0.05) is 46.3 Å². The van der Waals surface area contributed by atoms with E-state index < -0.39 is 165 Å². The molecule has 0 amide bonds. The smallest absolute Gasteiger partial charge is 0.187 e. The van der Waals surface area contributed by atoms with Crippen LogP contribution >= 0.6 is 0 Å². The molecule has 8 rings (SSSR count). The van der Waals surface area contributed by atoms with Crippen LogP contribution in [0.1, 0.15) is 113 Å². The Hall–Kier alpha value is -1.14. The summed E-state index contributed by atoms with van der Waals surface area (Å²) in [5.41, 5.74) is -1.48. The molecule has 0 aromatic rings. The van der Waals surface area contributed by atoms with Crippen LogP contribution in [0, 0.1) is 45.3 Å². The molecule has 8 fully saturated rings. The average molecular weight is 1080 g/mol. The van der Waals surface area contributed by atoms with Gasteiger partial charge >= 0.3 is 0 Å². The number of hydrogen-bond donors (Lipinski definition) is 14. The topological polar surface area (TPSA) is 357 Å². The molecule has 22 nitrogen and oxygen atoms in total. The highest BCUT2D eigenvalue weighted by Gasteiger charge is 2.72. The number of fused-ring (bicyclic) bond motifs is 5. The van der Waals surface area contributed by atoms with Crippen molar-refractivity contribution in [3.05, 3.63) is 11.6 Å². The molecule has 4 aliphatic heterocycles. The summed E-state index contributed by atoms with van der Waals surface area (Å²) in [7, 11) is 0. The van der Waals surface area contributed by atoms with Gasteiger partial charge in [0.2, 0.25) is 0 Å². The van der Waals surface area contributed by atoms with Gasteiger partial charge in [0, 0.05) is 0 Å². The zero-order valence-corrected chi connectivity index (χ0v) is 44.7. The summed E-state index contributed by atoms with van der Waals surface area (Å²) < 4.78 is 48.8. The Kier molecular flexibility index (Phi) is 18.1. The van der Waals surface area contributed by atoms with Gasteiger partial charge < -0.3 is 109 Å². The molecule has 0 aromatic heterocycles. The van der Waals surface area contributed by atoms with Crippen molar-refractivity contribution < 1.29 is 109 Å². The van der Waals surface area contributed by atoms with Gasteiger partial charge in [-0.2, -0.15) is 0 Å². The first-order chi connectivity index (χ1) is 35.1. The maximum atomic E-state index is 12.8. The minimum Gasteiger partial charge on any atom is -0.394 e. The molecule has 75 heavy (non-hydrogen) atoms. The predicted octanol–water partition coefficient (Wildman–Crippen LogP) is -1.56. The minimum absolute atomic E-state index is 0.0508. The van der Waals surface area contributed by atoms with Crippen LogP contribution in [0.3, 0.4) is 0 Å². The standard InChI is InChI=1S/C53H90O22/c1-23(2)10-9-14-53(8,75-47-43(67)39(63)37(61)29(72-47)22-69-45-41(65)34(58)26(57)21-68-45)24-11-16-52(7)33(24)25(56)18-31-50(5)15-13-32(49(3,4)30(50)12-17-51(31,52)6)73-48-44(40(64)36(60)28(20-55)71-48)74-46-42(66)38(62)35(59)27(19-54)70-46/h10,24-48,54-67H,9,11-22H2,1-8H3/t24-,25+,26-,27-,28+,29-,30+,31+,32-,33-,34-,35-,36+,37-,38+,39+,40-,41+,42-,43-,44+,45-,46+,47+,48-,50-,51+,52+,53-/m0/s1. The lowest BCUT2D eigenvalue weighted by Gasteiger charge is -2.71. The monoisotopic (exact) mass is 1080 g/mol. The Morgan fingerprint density at radius 1 is 0.587 bits per heavy atom. The summed E-state index contributed by atoms with van der Waals surface area (Å²) in [5.74, 6) is -0.395. The zero-order chi connectivity index (χ0) is 55.1. The summed E-state index contributed by atoms with van der Waals surface area (Å²) in [6.45, 7) is 15.1. The second kappa shape index (κ2) is 22.7. The molecule has 29 atom stereocenters. The first-order valence-electron chi connectivity index (χ1n) is 27.3. The quantitative estimate of drug-likeness (QED) is 0.0651. The molecule has 14 N–H and O–H groups in total. The Bertz CT molecular complexity index is 1940.